The minimum atomic E-state index is -0.254. The van der Waals surface area contributed by atoms with Crippen LogP contribution in [0, 0.1) is 5.92 Å². The van der Waals surface area contributed by atoms with Crippen molar-refractivity contribution in [3.05, 3.63) is 42.4 Å². The van der Waals surface area contributed by atoms with Gasteiger partial charge in [0.1, 0.15) is 11.0 Å². The number of aryl methyl sites for hydroxylation is 1. The highest BCUT2D eigenvalue weighted by Crippen LogP contribution is 2.21. The van der Waals surface area contributed by atoms with Crippen LogP contribution in [-0.2, 0) is 13.6 Å². The molecular weight excluding hydrogens is 330 g/mol. The van der Waals surface area contributed by atoms with Gasteiger partial charge in [-0.25, -0.2) is 14.6 Å². The summed E-state index contributed by atoms with van der Waals surface area (Å²) in [6.45, 7) is 5.12. The van der Waals surface area contributed by atoms with Crippen molar-refractivity contribution >= 4 is 33.8 Å². The van der Waals surface area contributed by atoms with Gasteiger partial charge >= 0.3 is 0 Å². The first kappa shape index (κ1) is 16.2. The molecule has 8 heteroatoms. The summed E-state index contributed by atoms with van der Waals surface area (Å²) in [6.07, 6.45) is 3.34. The van der Waals surface area contributed by atoms with E-state index in [1.165, 1.54) is 0 Å². The van der Waals surface area contributed by atoms with Crippen LogP contribution in [0.4, 0.5) is 5.69 Å². The fraction of sp³-hybridized carbons (Fsp3) is 0.278. The van der Waals surface area contributed by atoms with Crippen LogP contribution in [0.25, 0.3) is 22.2 Å². The maximum absolute atomic E-state index is 12.7. The number of rotatable bonds is 4. The molecule has 8 nitrogen and oxygen atoms in total. The molecule has 0 bridgehead atoms. The number of hydrogen-bond donors (Lipinski definition) is 1. The molecule has 0 spiro atoms. The zero-order valence-corrected chi connectivity index (χ0v) is 14.8. The SMILES string of the molecule is CC(C)Cn1cnc2cc(C(=O)Nc3cccc4c3nnn4C)cnc21. The predicted octanol–water partition coefficient (Wildman–Crippen LogP) is 2.62. The van der Waals surface area contributed by atoms with Gasteiger partial charge in [0.05, 0.1) is 23.1 Å². The van der Waals surface area contributed by atoms with E-state index in [4.69, 9.17) is 0 Å². The summed E-state index contributed by atoms with van der Waals surface area (Å²) in [5.74, 6) is 0.237. The van der Waals surface area contributed by atoms with Gasteiger partial charge in [-0.1, -0.05) is 25.1 Å². The minimum absolute atomic E-state index is 0.254. The number of anilines is 1. The van der Waals surface area contributed by atoms with Gasteiger partial charge in [-0.05, 0) is 24.1 Å². The van der Waals surface area contributed by atoms with Crippen molar-refractivity contribution in [1.82, 2.24) is 29.5 Å². The van der Waals surface area contributed by atoms with Crippen LogP contribution in [0.5, 0.6) is 0 Å². The number of carbonyl (C=O) groups excluding carboxylic acids is 1. The second-order valence-corrected chi connectivity index (χ2v) is 6.70. The van der Waals surface area contributed by atoms with Gasteiger partial charge in [-0.3, -0.25) is 4.79 Å². The minimum Gasteiger partial charge on any atom is -0.320 e. The molecule has 0 saturated heterocycles. The first-order chi connectivity index (χ1) is 12.5. The number of benzene rings is 1. The monoisotopic (exact) mass is 349 g/mol. The van der Waals surface area contributed by atoms with Gasteiger partial charge in [0.15, 0.2) is 5.65 Å². The summed E-state index contributed by atoms with van der Waals surface area (Å²) < 4.78 is 3.67. The van der Waals surface area contributed by atoms with E-state index in [9.17, 15) is 4.79 Å². The Morgan fingerprint density at radius 1 is 1.27 bits per heavy atom. The first-order valence-corrected chi connectivity index (χ1v) is 8.43. The summed E-state index contributed by atoms with van der Waals surface area (Å²) in [4.78, 5) is 21.5. The molecule has 1 amide bonds. The zero-order chi connectivity index (χ0) is 18.3. The van der Waals surface area contributed by atoms with E-state index >= 15 is 0 Å². The quantitative estimate of drug-likeness (QED) is 0.611. The number of hydrogen-bond acceptors (Lipinski definition) is 5. The molecule has 26 heavy (non-hydrogen) atoms. The summed E-state index contributed by atoms with van der Waals surface area (Å²) in [5, 5.41) is 11.0. The number of pyridine rings is 1. The largest absolute Gasteiger partial charge is 0.320 e. The van der Waals surface area contributed by atoms with E-state index in [0.29, 0.717) is 28.2 Å². The maximum Gasteiger partial charge on any atom is 0.257 e. The van der Waals surface area contributed by atoms with Crippen LogP contribution in [0.15, 0.2) is 36.8 Å². The lowest BCUT2D eigenvalue weighted by Crippen LogP contribution is -2.13. The lowest BCUT2D eigenvalue weighted by atomic mass is 10.2. The number of nitrogens with one attached hydrogen (secondary N) is 1. The van der Waals surface area contributed by atoms with Crippen molar-refractivity contribution < 1.29 is 4.79 Å². The van der Waals surface area contributed by atoms with E-state index in [0.717, 1.165) is 17.7 Å². The van der Waals surface area contributed by atoms with Crippen molar-refractivity contribution in [2.75, 3.05) is 5.32 Å². The summed E-state index contributed by atoms with van der Waals surface area (Å²) in [5.41, 5.74) is 4.06. The van der Waals surface area contributed by atoms with Gasteiger partial charge < -0.3 is 9.88 Å². The second kappa shape index (κ2) is 6.21. The van der Waals surface area contributed by atoms with Crippen LogP contribution in [0.3, 0.4) is 0 Å². The first-order valence-electron chi connectivity index (χ1n) is 8.43. The molecule has 4 aromatic rings. The molecule has 0 aliphatic rings. The van der Waals surface area contributed by atoms with Crippen molar-refractivity contribution in [1.29, 1.82) is 0 Å². The van der Waals surface area contributed by atoms with Crippen LogP contribution < -0.4 is 5.32 Å². The van der Waals surface area contributed by atoms with E-state index < -0.39 is 0 Å². The highest BCUT2D eigenvalue weighted by Gasteiger charge is 2.14. The lowest BCUT2D eigenvalue weighted by Gasteiger charge is -2.07. The predicted molar refractivity (Wildman–Crippen MR) is 98.8 cm³/mol. The number of amides is 1. The summed E-state index contributed by atoms with van der Waals surface area (Å²) in [7, 11) is 1.81. The second-order valence-electron chi connectivity index (χ2n) is 6.70. The number of nitrogens with zero attached hydrogens (tertiary/aromatic N) is 6. The third-order valence-electron chi connectivity index (χ3n) is 4.17. The molecule has 132 valence electrons. The molecule has 0 atom stereocenters. The van der Waals surface area contributed by atoms with Gasteiger partial charge in [0.25, 0.3) is 5.91 Å². The average Bonchev–Trinajstić information content (AvgIpc) is 3.19. The molecule has 0 aliphatic heterocycles. The fourth-order valence-electron chi connectivity index (χ4n) is 2.95. The third kappa shape index (κ3) is 2.79. The Bertz CT molecular complexity index is 1110. The molecule has 0 fully saturated rings. The van der Waals surface area contributed by atoms with Crippen LogP contribution in [-0.4, -0.2) is 35.4 Å². The van der Waals surface area contributed by atoms with E-state index in [1.54, 1.807) is 29.3 Å². The Morgan fingerprint density at radius 2 is 2.12 bits per heavy atom. The normalized spacial score (nSPS) is 11.5. The van der Waals surface area contributed by atoms with Gasteiger partial charge in [-0.2, -0.15) is 0 Å². The van der Waals surface area contributed by atoms with Crippen molar-refractivity contribution in [3.63, 3.8) is 0 Å². The smallest absolute Gasteiger partial charge is 0.257 e. The Hall–Kier alpha value is -3.29. The summed E-state index contributed by atoms with van der Waals surface area (Å²) >= 11 is 0. The zero-order valence-electron chi connectivity index (χ0n) is 14.8. The number of imidazole rings is 1. The number of fused-ring (bicyclic) bond motifs is 2. The Labute approximate surface area is 149 Å². The molecule has 0 saturated carbocycles. The van der Waals surface area contributed by atoms with Crippen molar-refractivity contribution in [2.24, 2.45) is 13.0 Å². The standard InChI is InChI=1S/C18H19N7O/c1-11(2)9-25-10-20-14-7-12(8-19-17(14)25)18(26)21-13-5-4-6-15-16(13)22-23-24(15)3/h4-8,10-11H,9H2,1-3H3,(H,21,26). The Morgan fingerprint density at radius 3 is 2.92 bits per heavy atom. The van der Waals surface area contributed by atoms with Gasteiger partial charge in [-0.15, -0.1) is 5.10 Å². The Balaban J connectivity index is 1.63. The van der Waals surface area contributed by atoms with Crippen LogP contribution in [0.2, 0.25) is 0 Å². The van der Waals surface area contributed by atoms with E-state index in [2.05, 4.69) is 39.4 Å². The molecule has 3 heterocycles. The third-order valence-corrected chi connectivity index (χ3v) is 4.17. The van der Waals surface area contributed by atoms with Crippen LogP contribution in [0.1, 0.15) is 24.2 Å². The molecule has 0 aliphatic carbocycles. The number of aromatic nitrogens is 6. The lowest BCUT2D eigenvalue weighted by molar-refractivity contribution is 0.102. The molecule has 0 unspecified atom stereocenters. The Kier molecular flexibility index (Phi) is 3.87. The maximum atomic E-state index is 12.7. The van der Waals surface area contributed by atoms with Gasteiger partial charge in [0.2, 0.25) is 0 Å². The molecule has 0 radical (unpaired) electrons. The molecule has 4 rings (SSSR count). The topological polar surface area (TPSA) is 90.5 Å². The molecular formula is C18H19N7O. The van der Waals surface area contributed by atoms with Crippen molar-refractivity contribution in [3.8, 4) is 0 Å². The van der Waals surface area contributed by atoms with E-state index in [-0.39, 0.29) is 5.91 Å². The van der Waals surface area contributed by atoms with Crippen LogP contribution >= 0.6 is 0 Å². The van der Waals surface area contributed by atoms with E-state index in [1.807, 2.05) is 23.7 Å². The van der Waals surface area contributed by atoms with Gasteiger partial charge in [0, 0.05) is 19.8 Å². The highest BCUT2D eigenvalue weighted by atomic mass is 16.1. The highest BCUT2D eigenvalue weighted by molar-refractivity contribution is 6.08. The average molecular weight is 349 g/mol. The molecule has 1 N–H and O–H groups in total. The molecule has 1 aromatic carbocycles. The summed E-state index contributed by atoms with van der Waals surface area (Å²) in [6, 6.07) is 7.32. The van der Waals surface area contributed by atoms with Crippen molar-refractivity contribution in [2.45, 2.75) is 20.4 Å². The fourth-order valence-corrected chi connectivity index (χ4v) is 2.95. The number of carbonyl (C=O) groups is 1. The molecule has 3 aromatic heterocycles.